The summed E-state index contributed by atoms with van der Waals surface area (Å²) in [4.78, 5) is 11.0. The van der Waals surface area contributed by atoms with E-state index >= 15 is 0 Å². The van der Waals surface area contributed by atoms with Gasteiger partial charge in [-0.2, -0.15) is 9.97 Å². The number of benzene rings is 1. The molecule has 1 aliphatic heterocycles. The number of methoxy groups -OCH3 is 1. The van der Waals surface area contributed by atoms with E-state index in [1.54, 1.807) is 7.11 Å². The second kappa shape index (κ2) is 7.02. The van der Waals surface area contributed by atoms with Crippen molar-refractivity contribution in [2.24, 2.45) is 0 Å². The Morgan fingerprint density at radius 3 is 2.52 bits per heavy atom. The molecule has 1 fully saturated rings. The summed E-state index contributed by atoms with van der Waals surface area (Å²) in [6.07, 6.45) is 0. The second-order valence-corrected chi connectivity index (χ2v) is 5.64. The van der Waals surface area contributed by atoms with Crippen LogP contribution in [-0.2, 0) is 4.74 Å². The topological polar surface area (TPSA) is 59.5 Å². The van der Waals surface area contributed by atoms with Crippen LogP contribution in [0.15, 0.2) is 24.3 Å². The summed E-state index contributed by atoms with van der Waals surface area (Å²) >= 11 is 6.27. The molecule has 0 radical (unpaired) electrons. The van der Waals surface area contributed by atoms with Gasteiger partial charge in [0.15, 0.2) is 16.7 Å². The molecule has 1 N–H and O–H groups in total. The lowest BCUT2D eigenvalue weighted by atomic mass is 10.2. The van der Waals surface area contributed by atoms with Crippen LogP contribution in [0.2, 0.25) is 5.15 Å². The zero-order valence-corrected chi connectivity index (χ0v) is 13.9. The fourth-order valence-electron chi connectivity index (χ4n) is 2.36. The molecule has 0 saturated carbocycles. The average molecular weight is 335 g/mol. The third-order valence-electron chi connectivity index (χ3n) is 3.62. The van der Waals surface area contributed by atoms with Crippen LogP contribution >= 0.6 is 11.6 Å². The van der Waals surface area contributed by atoms with E-state index in [-0.39, 0.29) is 0 Å². The zero-order valence-electron chi connectivity index (χ0n) is 13.2. The van der Waals surface area contributed by atoms with Crippen LogP contribution in [0, 0.1) is 6.92 Å². The fraction of sp³-hybridized carbons (Fsp3) is 0.375. The Balaban J connectivity index is 1.92. The summed E-state index contributed by atoms with van der Waals surface area (Å²) in [5.74, 6) is 1.57. The molecule has 7 heteroatoms. The number of nitrogens with one attached hydrogen (secondary N) is 1. The Hall–Kier alpha value is -2.05. The van der Waals surface area contributed by atoms with Crippen LogP contribution in [-0.4, -0.2) is 43.4 Å². The van der Waals surface area contributed by atoms with Gasteiger partial charge < -0.3 is 19.7 Å². The normalized spacial score (nSPS) is 14.7. The van der Waals surface area contributed by atoms with Crippen LogP contribution in [0.1, 0.15) is 5.56 Å². The predicted octanol–water partition coefficient (Wildman–Crippen LogP) is 3.03. The Kier molecular flexibility index (Phi) is 4.83. The van der Waals surface area contributed by atoms with E-state index in [1.807, 2.05) is 31.2 Å². The Labute approximate surface area is 140 Å². The monoisotopic (exact) mass is 334 g/mol. The van der Waals surface area contributed by atoms with Crippen molar-refractivity contribution in [3.63, 3.8) is 0 Å². The molecule has 2 aromatic rings. The molecule has 2 heterocycles. The molecule has 0 amide bonds. The van der Waals surface area contributed by atoms with E-state index in [4.69, 9.17) is 21.1 Å². The number of hydrogen-bond donors (Lipinski definition) is 1. The van der Waals surface area contributed by atoms with Crippen molar-refractivity contribution in [3.8, 4) is 5.75 Å². The van der Waals surface area contributed by atoms with Gasteiger partial charge in [0.1, 0.15) is 0 Å². The van der Waals surface area contributed by atoms with Crippen molar-refractivity contribution in [3.05, 3.63) is 35.0 Å². The first kappa shape index (κ1) is 15.8. The highest BCUT2D eigenvalue weighted by Gasteiger charge is 2.19. The molecule has 0 spiro atoms. The van der Waals surface area contributed by atoms with Crippen molar-refractivity contribution >= 4 is 29.1 Å². The van der Waals surface area contributed by atoms with Gasteiger partial charge >= 0.3 is 0 Å². The summed E-state index contributed by atoms with van der Waals surface area (Å²) in [5, 5.41) is 3.54. The molecule has 1 aromatic heterocycles. The molecule has 1 saturated heterocycles. The van der Waals surface area contributed by atoms with Gasteiger partial charge in [-0.05, 0) is 19.1 Å². The van der Waals surface area contributed by atoms with Gasteiger partial charge in [-0.3, -0.25) is 0 Å². The number of morpholine rings is 1. The number of aryl methyl sites for hydroxylation is 1. The summed E-state index contributed by atoms with van der Waals surface area (Å²) < 4.78 is 10.7. The van der Waals surface area contributed by atoms with Crippen LogP contribution in [0.5, 0.6) is 5.75 Å². The molecule has 0 aliphatic carbocycles. The van der Waals surface area contributed by atoms with Crippen molar-refractivity contribution in [1.29, 1.82) is 0 Å². The van der Waals surface area contributed by atoms with Gasteiger partial charge in [-0.1, -0.05) is 29.3 Å². The first-order valence-corrected chi connectivity index (χ1v) is 7.83. The highest BCUT2D eigenvalue weighted by atomic mass is 35.5. The highest BCUT2D eigenvalue weighted by molar-refractivity contribution is 6.31. The third kappa shape index (κ3) is 3.65. The quantitative estimate of drug-likeness (QED) is 0.867. The van der Waals surface area contributed by atoms with Crippen molar-refractivity contribution in [1.82, 2.24) is 9.97 Å². The van der Waals surface area contributed by atoms with Crippen molar-refractivity contribution < 1.29 is 9.47 Å². The Morgan fingerprint density at radius 1 is 1.17 bits per heavy atom. The number of aromatic nitrogens is 2. The molecule has 1 aromatic carbocycles. The number of rotatable bonds is 4. The van der Waals surface area contributed by atoms with Gasteiger partial charge in [-0.15, -0.1) is 0 Å². The first-order valence-electron chi connectivity index (χ1n) is 7.45. The third-order valence-corrected chi connectivity index (χ3v) is 3.88. The number of anilines is 3. The van der Waals surface area contributed by atoms with Crippen molar-refractivity contribution in [2.75, 3.05) is 43.6 Å². The van der Waals surface area contributed by atoms with Gasteiger partial charge in [0, 0.05) is 18.8 Å². The van der Waals surface area contributed by atoms with E-state index in [1.165, 1.54) is 5.56 Å². The van der Waals surface area contributed by atoms with E-state index in [9.17, 15) is 0 Å². The van der Waals surface area contributed by atoms with Crippen LogP contribution in [0.25, 0.3) is 0 Å². The largest absolute Gasteiger partial charge is 0.490 e. The maximum atomic E-state index is 6.27. The summed E-state index contributed by atoms with van der Waals surface area (Å²) in [6.45, 7) is 4.85. The number of halogens is 1. The smallest absolute Gasteiger partial charge is 0.229 e. The van der Waals surface area contributed by atoms with Gasteiger partial charge in [0.25, 0.3) is 0 Å². The van der Waals surface area contributed by atoms with Gasteiger partial charge in [-0.25, -0.2) is 0 Å². The predicted molar refractivity (Wildman–Crippen MR) is 91.1 cm³/mol. The van der Waals surface area contributed by atoms with E-state index < -0.39 is 0 Å². The minimum absolute atomic E-state index is 0.290. The molecule has 0 bridgehead atoms. The minimum Gasteiger partial charge on any atom is -0.490 e. The van der Waals surface area contributed by atoms with Gasteiger partial charge in [0.2, 0.25) is 5.95 Å². The molecule has 6 nitrogen and oxygen atoms in total. The lowest BCUT2D eigenvalue weighted by molar-refractivity contribution is 0.122. The molecular formula is C16H19ClN4O2. The first-order chi connectivity index (χ1) is 11.2. The lowest BCUT2D eigenvalue weighted by Crippen LogP contribution is -2.37. The van der Waals surface area contributed by atoms with Crippen LogP contribution in [0.4, 0.5) is 17.5 Å². The highest BCUT2D eigenvalue weighted by Crippen LogP contribution is 2.33. The van der Waals surface area contributed by atoms with E-state index in [2.05, 4.69) is 20.2 Å². The van der Waals surface area contributed by atoms with E-state index in [0.717, 1.165) is 18.8 Å². The van der Waals surface area contributed by atoms with Crippen LogP contribution in [0.3, 0.4) is 0 Å². The van der Waals surface area contributed by atoms with Crippen molar-refractivity contribution in [2.45, 2.75) is 6.92 Å². The molecule has 0 unspecified atom stereocenters. The maximum Gasteiger partial charge on any atom is 0.229 e. The number of hydrogen-bond acceptors (Lipinski definition) is 6. The lowest BCUT2D eigenvalue weighted by Gasteiger charge is -2.27. The van der Waals surface area contributed by atoms with Crippen LogP contribution < -0.4 is 15.0 Å². The Bertz CT molecular complexity index is 673. The zero-order chi connectivity index (χ0) is 16.2. The molecule has 1 aliphatic rings. The molecule has 3 rings (SSSR count). The Morgan fingerprint density at radius 2 is 1.87 bits per heavy atom. The standard InChI is InChI=1S/C16H19ClN4O2/c1-11-3-5-12(6-4-11)18-15-13(22-2)14(17)19-16(20-15)21-7-9-23-10-8-21/h3-6H,7-10H2,1-2H3,(H,18,19,20). The molecule has 0 atom stereocenters. The summed E-state index contributed by atoms with van der Waals surface area (Å²) in [7, 11) is 1.55. The number of nitrogens with zero attached hydrogens (tertiary/aromatic N) is 3. The summed E-state index contributed by atoms with van der Waals surface area (Å²) in [6, 6.07) is 8.03. The molecule has 23 heavy (non-hydrogen) atoms. The maximum absolute atomic E-state index is 6.27. The van der Waals surface area contributed by atoms with Gasteiger partial charge in [0.05, 0.1) is 20.3 Å². The minimum atomic E-state index is 0.290. The second-order valence-electron chi connectivity index (χ2n) is 5.29. The number of ether oxygens (including phenoxy) is 2. The average Bonchev–Trinajstić information content (AvgIpc) is 2.57. The van der Waals surface area contributed by atoms with E-state index in [0.29, 0.717) is 35.9 Å². The molecular weight excluding hydrogens is 316 g/mol. The fourth-order valence-corrected chi connectivity index (χ4v) is 2.60. The molecule has 122 valence electrons. The SMILES string of the molecule is COc1c(Cl)nc(N2CCOCC2)nc1Nc1ccc(C)cc1. The summed E-state index contributed by atoms with van der Waals surface area (Å²) in [5.41, 5.74) is 2.11.